The van der Waals surface area contributed by atoms with E-state index in [1.54, 1.807) is 0 Å². The van der Waals surface area contributed by atoms with Crippen LogP contribution in [0.4, 0.5) is 11.4 Å². The van der Waals surface area contributed by atoms with Gasteiger partial charge in [-0.05, 0) is 75.9 Å². The van der Waals surface area contributed by atoms with Gasteiger partial charge in [0.2, 0.25) is 0 Å². The molecule has 0 saturated heterocycles. The number of halogens is 2. The third-order valence-electron chi connectivity index (χ3n) is 5.30. The molecule has 1 heterocycles. The van der Waals surface area contributed by atoms with Gasteiger partial charge < -0.3 is 4.57 Å². The number of rotatable bonds is 4. The molecule has 0 aliphatic carbocycles. The van der Waals surface area contributed by atoms with Crippen molar-refractivity contribution in [2.75, 3.05) is 0 Å². The number of para-hydroxylation sites is 2. The number of nitrogens with zero attached hydrogens (tertiary/aromatic N) is 3. The second-order valence-electron chi connectivity index (χ2n) is 7.59. The van der Waals surface area contributed by atoms with Crippen LogP contribution in [0.5, 0.6) is 0 Å². The Balaban J connectivity index is 0.00000107. The van der Waals surface area contributed by atoms with E-state index in [9.17, 15) is 0 Å². The fourth-order valence-electron chi connectivity index (χ4n) is 3.65. The molecule has 31 heavy (non-hydrogen) atoms. The Hall–Kier alpha value is -0.961. The molecule has 0 bridgehead atoms. The molecule has 2 aromatic carbocycles. The zero-order valence-electron chi connectivity index (χ0n) is 19.1. The Kier molecular flexibility index (Phi) is 10.5. The summed E-state index contributed by atoms with van der Waals surface area (Å²) in [6, 6.07) is 16.8. The fourth-order valence-corrected chi connectivity index (χ4v) is 3.65. The van der Waals surface area contributed by atoms with Gasteiger partial charge in [-0.3, -0.25) is 9.98 Å². The van der Waals surface area contributed by atoms with Crippen molar-refractivity contribution in [2.24, 2.45) is 17.0 Å². The molecule has 3 aromatic rings. The van der Waals surface area contributed by atoms with E-state index in [2.05, 4.69) is 142 Å². The third-order valence-corrected chi connectivity index (χ3v) is 5.30. The van der Waals surface area contributed by atoms with Gasteiger partial charge in [0, 0.05) is 7.05 Å². The van der Waals surface area contributed by atoms with Crippen LogP contribution in [0.15, 0.2) is 58.5 Å². The van der Waals surface area contributed by atoms with Crippen LogP contribution >= 0.6 is 40.7 Å². The Bertz CT molecular complexity index is 988. The summed E-state index contributed by atoms with van der Waals surface area (Å²) in [5.41, 5.74) is 11.1. The predicted molar refractivity (Wildman–Crippen MR) is 149 cm³/mol. The fraction of sp³-hybridized carbons (Fsp3) is 0.280. The molecular formula is C25H29FeI2N3. The summed E-state index contributed by atoms with van der Waals surface area (Å²) in [5, 5.41) is 0. The zero-order chi connectivity index (χ0) is 23.1. The topological polar surface area (TPSA) is 29.6 Å². The maximum atomic E-state index is 4.93. The van der Waals surface area contributed by atoms with Gasteiger partial charge in [0.05, 0.1) is 34.2 Å². The first-order chi connectivity index (χ1) is 14.7. The van der Waals surface area contributed by atoms with Gasteiger partial charge in [0.15, 0.2) is 0 Å². The summed E-state index contributed by atoms with van der Waals surface area (Å²) >= 11 is 4.55. The van der Waals surface area contributed by atoms with E-state index < -0.39 is 0 Å². The average Bonchev–Trinajstić information content (AvgIpc) is 3.10. The molecule has 166 valence electrons. The van der Waals surface area contributed by atoms with Gasteiger partial charge in [-0.1, -0.05) is 36.4 Å². The molecule has 0 aliphatic rings. The predicted octanol–water partition coefficient (Wildman–Crippen LogP) is 8.31. The summed E-state index contributed by atoms with van der Waals surface area (Å²) in [5.74, 6) is 0. The SMILES string of the molecule is CC(=Nc1c(C)cccc1C)c1ccc(C(C)=Nc2c(C)cccc2C)n1C.[I][Fe][I]. The summed E-state index contributed by atoms with van der Waals surface area (Å²) in [4.78, 5) is 9.86. The van der Waals surface area contributed by atoms with Gasteiger partial charge in [0.25, 0.3) is 0 Å². The average molecular weight is 681 g/mol. The van der Waals surface area contributed by atoms with Crippen LogP contribution in [0.25, 0.3) is 0 Å². The van der Waals surface area contributed by atoms with Crippen LogP contribution in [0.3, 0.4) is 0 Å². The molecule has 3 rings (SSSR count). The molecule has 1 aromatic heterocycles. The molecular weight excluding hydrogens is 652 g/mol. The Morgan fingerprint density at radius 3 is 1.26 bits per heavy atom. The molecule has 0 atom stereocenters. The molecule has 0 amide bonds. The molecule has 0 unspecified atom stereocenters. The van der Waals surface area contributed by atoms with Crippen molar-refractivity contribution in [3.05, 3.63) is 82.2 Å². The van der Waals surface area contributed by atoms with Crippen LogP contribution < -0.4 is 0 Å². The quantitative estimate of drug-likeness (QED) is 0.151. The van der Waals surface area contributed by atoms with Crippen molar-refractivity contribution in [3.8, 4) is 0 Å². The number of hydrogen-bond acceptors (Lipinski definition) is 2. The normalized spacial score (nSPS) is 12.0. The number of benzene rings is 2. The van der Waals surface area contributed by atoms with E-state index in [1.165, 1.54) is 30.7 Å². The van der Waals surface area contributed by atoms with E-state index in [1.807, 2.05) is 0 Å². The van der Waals surface area contributed by atoms with E-state index in [0.717, 1.165) is 34.2 Å². The molecule has 0 N–H and O–H groups in total. The molecule has 0 fully saturated rings. The summed E-state index contributed by atoms with van der Waals surface area (Å²) in [6.07, 6.45) is 0. The number of aromatic nitrogens is 1. The number of hydrogen-bond donors (Lipinski definition) is 0. The maximum absolute atomic E-state index is 4.93. The van der Waals surface area contributed by atoms with Crippen molar-refractivity contribution < 1.29 is 8.46 Å². The van der Waals surface area contributed by atoms with Crippen molar-refractivity contribution in [3.63, 3.8) is 0 Å². The summed E-state index contributed by atoms with van der Waals surface area (Å²) < 4.78 is 2.18. The monoisotopic (exact) mass is 681 g/mol. The minimum atomic E-state index is 1.01. The number of aliphatic imine (C=N–C) groups is 2. The van der Waals surface area contributed by atoms with Gasteiger partial charge in [-0.25, -0.2) is 0 Å². The second kappa shape index (κ2) is 12.3. The molecule has 0 saturated carbocycles. The van der Waals surface area contributed by atoms with Crippen LogP contribution in [-0.4, -0.2) is 16.0 Å². The minimum absolute atomic E-state index is 1.01. The van der Waals surface area contributed by atoms with Crippen molar-refractivity contribution >= 4 is 63.5 Å². The first kappa shape index (κ1) is 26.3. The number of aryl methyl sites for hydroxylation is 4. The summed E-state index contributed by atoms with van der Waals surface area (Å²) in [6.45, 7) is 12.6. The van der Waals surface area contributed by atoms with Crippen molar-refractivity contribution in [1.82, 2.24) is 4.57 Å². The first-order valence-electron chi connectivity index (χ1n) is 9.95. The first-order valence-corrected chi connectivity index (χ1v) is 17.1. The van der Waals surface area contributed by atoms with Crippen LogP contribution in [0.2, 0.25) is 0 Å². The van der Waals surface area contributed by atoms with Gasteiger partial charge in [0.1, 0.15) is 0 Å². The third kappa shape index (κ3) is 6.76. The van der Waals surface area contributed by atoms with E-state index in [0.29, 0.717) is 0 Å². The Morgan fingerprint density at radius 2 is 0.968 bits per heavy atom. The Labute approximate surface area is 215 Å². The van der Waals surface area contributed by atoms with Crippen LogP contribution in [0.1, 0.15) is 47.5 Å². The van der Waals surface area contributed by atoms with Crippen LogP contribution in [0, 0.1) is 27.7 Å². The van der Waals surface area contributed by atoms with Crippen LogP contribution in [-0.2, 0) is 15.5 Å². The standard InChI is InChI=1S/C25H29N3.Fe.2HI/c1-16-10-8-11-17(2)24(16)26-20(5)22-14-15-23(28(22)7)21(6)27-25-18(3)12-9-13-19(25)4;;;/h8-15H,1-7H3;;2*1H/q;+2;;/p-2. The second-order valence-corrected chi connectivity index (χ2v) is 16.9. The molecule has 0 spiro atoms. The Morgan fingerprint density at radius 1 is 0.677 bits per heavy atom. The molecule has 0 radical (unpaired) electrons. The van der Waals surface area contributed by atoms with Gasteiger partial charge in [-0.2, -0.15) is 0 Å². The molecule has 0 aliphatic heterocycles. The zero-order valence-corrected chi connectivity index (χ0v) is 24.5. The van der Waals surface area contributed by atoms with E-state index >= 15 is 0 Å². The van der Waals surface area contributed by atoms with E-state index in [-0.39, 0.29) is 0 Å². The van der Waals surface area contributed by atoms with Gasteiger partial charge in [-0.15, -0.1) is 0 Å². The van der Waals surface area contributed by atoms with Crippen molar-refractivity contribution in [1.29, 1.82) is 0 Å². The summed E-state index contributed by atoms with van der Waals surface area (Å²) in [7, 11) is 3.27. The van der Waals surface area contributed by atoms with Gasteiger partial charge >= 0.3 is 49.1 Å². The van der Waals surface area contributed by atoms with E-state index in [4.69, 9.17) is 9.98 Å². The molecule has 6 heteroatoms. The van der Waals surface area contributed by atoms with Crippen molar-refractivity contribution in [2.45, 2.75) is 41.5 Å². The molecule has 3 nitrogen and oxygen atoms in total.